The summed E-state index contributed by atoms with van der Waals surface area (Å²) in [6.07, 6.45) is 0. The van der Waals surface area contributed by atoms with E-state index in [0.717, 1.165) is 10.8 Å². The van der Waals surface area contributed by atoms with Gasteiger partial charge in [-0.2, -0.15) is 0 Å². The van der Waals surface area contributed by atoms with Gasteiger partial charge >= 0.3 is 5.97 Å². The van der Waals surface area contributed by atoms with Crippen LogP contribution in [-0.2, 0) is 4.79 Å². The molecule has 3 nitrogen and oxygen atoms in total. The molecule has 0 unspecified atom stereocenters. The number of thiocarbonyl (C=S) groups is 1. The smallest absolute Gasteiger partial charge is 0.343 e. The van der Waals surface area contributed by atoms with Gasteiger partial charge in [-0.1, -0.05) is 49.1 Å². The van der Waals surface area contributed by atoms with Gasteiger partial charge in [0.1, 0.15) is 0 Å². The van der Waals surface area contributed by atoms with Crippen molar-refractivity contribution in [2.24, 2.45) is 0 Å². The van der Waals surface area contributed by atoms with Gasteiger partial charge in [0, 0.05) is 10.8 Å². The van der Waals surface area contributed by atoms with Crippen molar-refractivity contribution in [1.29, 1.82) is 0 Å². The van der Waals surface area contributed by atoms with Crippen LogP contribution in [-0.4, -0.2) is 18.4 Å². The number of carbonyl (C=O) groups excluding carboxylic acids is 1. The first-order valence-electron chi connectivity index (χ1n) is 5.59. The minimum absolute atomic E-state index is 0.130. The number of benzene rings is 2. The van der Waals surface area contributed by atoms with Crippen LogP contribution in [0.15, 0.2) is 48.6 Å². The Labute approximate surface area is 116 Å². The van der Waals surface area contributed by atoms with Gasteiger partial charge < -0.3 is 9.47 Å². The lowest BCUT2D eigenvalue weighted by molar-refractivity contribution is -0.129. The molecule has 0 aromatic heterocycles. The minimum Gasteiger partial charge on any atom is -0.492 e. The third-order valence-corrected chi connectivity index (χ3v) is 2.94. The molecule has 2 rings (SSSR count). The zero-order valence-corrected chi connectivity index (χ0v) is 11.2. The molecular weight excluding hydrogens is 260 g/mol. The summed E-state index contributed by atoms with van der Waals surface area (Å²) in [5, 5.41) is 3.08. The Morgan fingerprint density at radius 3 is 2.68 bits per heavy atom. The molecule has 0 radical (unpaired) electrons. The van der Waals surface area contributed by atoms with Crippen LogP contribution in [0.2, 0.25) is 0 Å². The third kappa shape index (κ3) is 2.63. The fourth-order valence-corrected chi connectivity index (χ4v) is 1.82. The van der Waals surface area contributed by atoms with Gasteiger partial charge in [0.05, 0.1) is 12.7 Å². The molecule has 19 heavy (non-hydrogen) atoms. The number of hydrogen-bond donors (Lipinski definition) is 0. The molecule has 0 spiro atoms. The fourth-order valence-electron chi connectivity index (χ4n) is 1.73. The van der Waals surface area contributed by atoms with Crippen LogP contribution in [0.25, 0.3) is 10.8 Å². The number of ether oxygens (including phenoxy) is 2. The standard InChI is InChI=1S/C15H12O3S/c1-10(9-19)15(16)18-13-8-7-11-5-3-4-6-12(11)14(13)17-2/h3-9H,1H2,2H3. The van der Waals surface area contributed by atoms with Crippen molar-refractivity contribution in [3.63, 3.8) is 0 Å². The van der Waals surface area contributed by atoms with Crippen molar-refractivity contribution < 1.29 is 14.3 Å². The third-order valence-electron chi connectivity index (χ3n) is 2.65. The van der Waals surface area contributed by atoms with E-state index in [0.29, 0.717) is 11.5 Å². The van der Waals surface area contributed by atoms with Crippen LogP contribution < -0.4 is 9.47 Å². The van der Waals surface area contributed by atoms with Crippen LogP contribution in [0, 0.1) is 0 Å². The van der Waals surface area contributed by atoms with Gasteiger partial charge in [0.15, 0.2) is 11.5 Å². The largest absolute Gasteiger partial charge is 0.492 e. The molecule has 0 atom stereocenters. The van der Waals surface area contributed by atoms with Gasteiger partial charge in [-0.15, -0.1) is 0 Å². The molecule has 2 aromatic rings. The van der Waals surface area contributed by atoms with Crippen molar-refractivity contribution in [3.8, 4) is 11.5 Å². The Kier molecular flexibility index (Phi) is 3.92. The number of rotatable bonds is 4. The van der Waals surface area contributed by atoms with Gasteiger partial charge in [-0.3, -0.25) is 0 Å². The van der Waals surface area contributed by atoms with Crippen molar-refractivity contribution >= 4 is 34.3 Å². The Morgan fingerprint density at radius 2 is 2.00 bits per heavy atom. The molecule has 0 saturated carbocycles. The monoisotopic (exact) mass is 272 g/mol. The topological polar surface area (TPSA) is 35.5 Å². The molecule has 96 valence electrons. The lowest BCUT2D eigenvalue weighted by Crippen LogP contribution is -2.11. The predicted molar refractivity (Wildman–Crippen MR) is 78.9 cm³/mol. The van der Waals surface area contributed by atoms with Gasteiger partial charge in [0.25, 0.3) is 0 Å². The van der Waals surface area contributed by atoms with E-state index in [1.807, 2.05) is 30.3 Å². The molecule has 4 heteroatoms. The molecule has 0 amide bonds. The first-order chi connectivity index (χ1) is 9.17. The van der Waals surface area contributed by atoms with Gasteiger partial charge in [0.2, 0.25) is 0 Å². The summed E-state index contributed by atoms with van der Waals surface area (Å²) in [5.41, 5.74) is 0.130. The maximum absolute atomic E-state index is 11.7. The van der Waals surface area contributed by atoms with E-state index >= 15 is 0 Å². The summed E-state index contributed by atoms with van der Waals surface area (Å²) in [6.45, 7) is 3.51. The second-order valence-electron chi connectivity index (χ2n) is 3.85. The summed E-state index contributed by atoms with van der Waals surface area (Å²) >= 11 is 4.65. The van der Waals surface area contributed by atoms with Gasteiger partial charge in [-0.05, 0) is 11.5 Å². The first-order valence-corrected chi connectivity index (χ1v) is 6.06. The zero-order valence-electron chi connectivity index (χ0n) is 10.4. The average Bonchev–Trinajstić information content (AvgIpc) is 2.46. The van der Waals surface area contributed by atoms with E-state index in [-0.39, 0.29) is 5.57 Å². The van der Waals surface area contributed by atoms with E-state index in [2.05, 4.69) is 18.8 Å². The van der Waals surface area contributed by atoms with E-state index in [1.54, 1.807) is 6.07 Å². The molecule has 0 saturated heterocycles. The highest BCUT2D eigenvalue weighted by molar-refractivity contribution is 7.79. The normalized spacial score (nSPS) is 9.95. The summed E-state index contributed by atoms with van der Waals surface area (Å²) in [4.78, 5) is 11.7. The molecule has 0 heterocycles. The average molecular weight is 272 g/mol. The maximum Gasteiger partial charge on any atom is 0.343 e. The number of hydrogen-bond acceptors (Lipinski definition) is 4. The Hall–Kier alpha value is -2.20. The van der Waals surface area contributed by atoms with Crippen LogP contribution >= 0.6 is 12.2 Å². The zero-order chi connectivity index (χ0) is 13.8. The molecule has 0 aliphatic heterocycles. The van der Waals surface area contributed by atoms with E-state index in [4.69, 9.17) is 9.47 Å². The highest BCUT2D eigenvalue weighted by Gasteiger charge is 2.14. The van der Waals surface area contributed by atoms with Crippen molar-refractivity contribution in [2.45, 2.75) is 0 Å². The number of fused-ring (bicyclic) bond motifs is 1. The van der Waals surface area contributed by atoms with E-state index in [1.165, 1.54) is 12.5 Å². The van der Waals surface area contributed by atoms with E-state index < -0.39 is 5.97 Å². The van der Waals surface area contributed by atoms with Crippen molar-refractivity contribution in [3.05, 3.63) is 48.6 Å². The lowest BCUT2D eigenvalue weighted by Gasteiger charge is -2.11. The molecule has 0 aliphatic carbocycles. The predicted octanol–water partition coefficient (Wildman–Crippen LogP) is 3.31. The molecule has 0 bridgehead atoms. The highest BCUT2D eigenvalue weighted by atomic mass is 32.1. The van der Waals surface area contributed by atoms with Crippen molar-refractivity contribution in [2.75, 3.05) is 7.11 Å². The van der Waals surface area contributed by atoms with Crippen molar-refractivity contribution in [1.82, 2.24) is 0 Å². The summed E-state index contributed by atoms with van der Waals surface area (Å²) in [6, 6.07) is 11.2. The second kappa shape index (κ2) is 5.63. The fraction of sp³-hybridized carbons (Fsp3) is 0.0667. The summed E-state index contributed by atoms with van der Waals surface area (Å²) < 4.78 is 10.6. The van der Waals surface area contributed by atoms with Crippen LogP contribution in [0.4, 0.5) is 0 Å². The molecule has 0 fully saturated rings. The molecule has 0 N–H and O–H groups in total. The Morgan fingerprint density at radius 1 is 1.26 bits per heavy atom. The molecule has 0 aliphatic rings. The lowest BCUT2D eigenvalue weighted by atomic mass is 10.1. The number of methoxy groups -OCH3 is 1. The SMILES string of the molecule is C=C(C=S)C(=O)Oc1ccc2ccccc2c1OC. The first kappa shape index (κ1) is 13.2. The maximum atomic E-state index is 11.7. The second-order valence-corrected chi connectivity index (χ2v) is 4.09. The Bertz CT molecular complexity index is 661. The summed E-state index contributed by atoms with van der Waals surface area (Å²) in [7, 11) is 1.53. The van der Waals surface area contributed by atoms with Crippen LogP contribution in [0.3, 0.4) is 0 Å². The van der Waals surface area contributed by atoms with Crippen LogP contribution in [0.5, 0.6) is 11.5 Å². The highest BCUT2D eigenvalue weighted by Crippen LogP contribution is 2.35. The minimum atomic E-state index is -0.580. The number of esters is 1. The number of carbonyl (C=O) groups is 1. The Balaban J connectivity index is 2.46. The quantitative estimate of drug-likeness (QED) is 0.370. The molecular formula is C15H12O3S. The van der Waals surface area contributed by atoms with Gasteiger partial charge in [-0.25, -0.2) is 4.79 Å². The van der Waals surface area contributed by atoms with Crippen LogP contribution in [0.1, 0.15) is 0 Å². The summed E-state index contributed by atoms with van der Waals surface area (Å²) in [5.74, 6) is 0.288. The molecule has 2 aromatic carbocycles. The van der Waals surface area contributed by atoms with E-state index in [9.17, 15) is 4.79 Å².